The smallest absolute Gasteiger partial charge is 0.274 e. The highest BCUT2D eigenvalue weighted by Gasteiger charge is 2.37. The predicted octanol–water partition coefficient (Wildman–Crippen LogP) is 1.54. The number of rotatable bonds is 2. The molecule has 4 rings (SSSR count). The van der Waals surface area contributed by atoms with Crippen molar-refractivity contribution >= 4 is 5.91 Å². The number of piperazine rings is 1. The summed E-state index contributed by atoms with van der Waals surface area (Å²) in [5, 5.41) is 4.34. The monoisotopic (exact) mass is 338 g/mol. The first-order valence-electron chi connectivity index (χ1n) is 8.84. The largest absolute Gasteiger partial charge is 0.332 e. The molecule has 0 spiro atoms. The highest BCUT2D eigenvalue weighted by molar-refractivity contribution is 5.92. The lowest BCUT2D eigenvalue weighted by molar-refractivity contribution is 0.0388. The molecule has 6 nitrogen and oxygen atoms in total. The SMILES string of the molecule is C[C@H]1CN2CCC[C@@H]2CN1C(=O)c1ccc(=O)n(-c2ccccc2)n1. The van der Waals surface area contributed by atoms with Crippen LogP contribution >= 0.6 is 0 Å². The van der Waals surface area contributed by atoms with Crippen molar-refractivity contribution in [1.82, 2.24) is 19.6 Å². The maximum absolute atomic E-state index is 13.0. The van der Waals surface area contributed by atoms with Crippen molar-refractivity contribution in [3.63, 3.8) is 0 Å². The fourth-order valence-corrected chi connectivity index (χ4v) is 3.90. The molecule has 0 radical (unpaired) electrons. The number of carbonyl (C=O) groups is 1. The van der Waals surface area contributed by atoms with Crippen molar-refractivity contribution in [2.75, 3.05) is 19.6 Å². The Morgan fingerprint density at radius 3 is 2.72 bits per heavy atom. The van der Waals surface area contributed by atoms with Gasteiger partial charge in [-0.15, -0.1) is 0 Å². The molecule has 2 aromatic rings. The number of para-hydroxylation sites is 1. The molecule has 0 N–H and O–H groups in total. The van der Waals surface area contributed by atoms with Gasteiger partial charge >= 0.3 is 0 Å². The van der Waals surface area contributed by atoms with Crippen LogP contribution < -0.4 is 5.56 Å². The van der Waals surface area contributed by atoms with E-state index in [9.17, 15) is 9.59 Å². The van der Waals surface area contributed by atoms with E-state index in [1.165, 1.54) is 23.2 Å². The van der Waals surface area contributed by atoms with Crippen LogP contribution in [0.5, 0.6) is 0 Å². The lowest BCUT2D eigenvalue weighted by Gasteiger charge is -2.42. The van der Waals surface area contributed by atoms with Gasteiger partial charge in [-0.3, -0.25) is 14.5 Å². The minimum atomic E-state index is -0.239. The van der Waals surface area contributed by atoms with Crippen LogP contribution in [0.3, 0.4) is 0 Å². The zero-order chi connectivity index (χ0) is 17.4. The number of nitrogens with zero attached hydrogens (tertiary/aromatic N) is 4. The molecule has 130 valence electrons. The van der Waals surface area contributed by atoms with Gasteiger partial charge in [-0.1, -0.05) is 18.2 Å². The van der Waals surface area contributed by atoms with E-state index in [1.54, 1.807) is 0 Å². The van der Waals surface area contributed by atoms with Gasteiger partial charge in [-0.25, -0.2) is 0 Å². The first kappa shape index (κ1) is 16.0. The van der Waals surface area contributed by atoms with Crippen LogP contribution in [0.25, 0.3) is 5.69 Å². The fourth-order valence-electron chi connectivity index (χ4n) is 3.90. The van der Waals surface area contributed by atoms with E-state index in [-0.39, 0.29) is 17.5 Å². The summed E-state index contributed by atoms with van der Waals surface area (Å²) in [6.07, 6.45) is 2.35. The van der Waals surface area contributed by atoms with Gasteiger partial charge in [0.2, 0.25) is 0 Å². The Kier molecular flexibility index (Phi) is 4.13. The van der Waals surface area contributed by atoms with Crippen molar-refractivity contribution in [1.29, 1.82) is 0 Å². The minimum absolute atomic E-state index is 0.0938. The van der Waals surface area contributed by atoms with Gasteiger partial charge in [0.15, 0.2) is 0 Å². The van der Waals surface area contributed by atoms with Gasteiger partial charge in [0.25, 0.3) is 11.5 Å². The number of fused-ring (bicyclic) bond motifs is 1. The number of carbonyl (C=O) groups excluding carboxylic acids is 1. The Morgan fingerprint density at radius 2 is 1.92 bits per heavy atom. The summed E-state index contributed by atoms with van der Waals surface area (Å²) in [4.78, 5) is 29.6. The maximum Gasteiger partial charge on any atom is 0.274 e. The van der Waals surface area contributed by atoms with Gasteiger partial charge in [0, 0.05) is 31.2 Å². The third-order valence-electron chi connectivity index (χ3n) is 5.22. The Labute approximate surface area is 146 Å². The molecule has 1 aromatic heterocycles. The van der Waals surface area contributed by atoms with E-state index >= 15 is 0 Å². The molecule has 0 unspecified atom stereocenters. The summed E-state index contributed by atoms with van der Waals surface area (Å²) in [7, 11) is 0. The van der Waals surface area contributed by atoms with E-state index in [0.29, 0.717) is 17.4 Å². The van der Waals surface area contributed by atoms with Gasteiger partial charge in [-0.2, -0.15) is 9.78 Å². The second-order valence-corrected chi connectivity index (χ2v) is 6.90. The lowest BCUT2D eigenvalue weighted by atomic mass is 10.1. The zero-order valence-corrected chi connectivity index (χ0v) is 14.3. The Morgan fingerprint density at radius 1 is 1.12 bits per heavy atom. The van der Waals surface area contributed by atoms with Crippen LogP contribution in [0.15, 0.2) is 47.3 Å². The van der Waals surface area contributed by atoms with Crippen molar-refractivity contribution in [2.45, 2.75) is 31.8 Å². The quantitative estimate of drug-likeness (QED) is 0.833. The molecule has 2 saturated heterocycles. The second kappa shape index (κ2) is 6.44. The normalized spacial score (nSPS) is 23.5. The number of aromatic nitrogens is 2. The maximum atomic E-state index is 13.0. The molecular formula is C19H22N4O2. The molecule has 0 aliphatic carbocycles. The van der Waals surface area contributed by atoms with E-state index < -0.39 is 0 Å². The molecule has 2 aliphatic heterocycles. The fraction of sp³-hybridized carbons (Fsp3) is 0.421. The van der Waals surface area contributed by atoms with Crippen LogP contribution in [0.4, 0.5) is 0 Å². The number of amides is 1. The van der Waals surface area contributed by atoms with Crippen LogP contribution in [0.2, 0.25) is 0 Å². The van der Waals surface area contributed by atoms with Crippen LogP contribution in [-0.4, -0.2) is 57.2 Å². The molecule has 6 heteroatoms. The van der Waals surface area contributed by atoms with Crippen molar-refractivity contribution in [3.05, 3.63) is 58.5 Å². The first-order chi connectivity index (χ1) is 12.1. The average Bonchev–Trinajstić information content (AvgIpc) is 3.09. The molecular weight excluding hydrogens is 316 g/mol. The summed E-state index contributed by atoms with van der Waals surface area (Å²) in [5.41, 5.74) is 0.744. The van der Waals surface area contributed by atoms with Crippen molar-refractivity contribution in [3.8, 4) is 5.69 Å². The third-order valence-corrected chi connectivity index (χ3v) is 5.22. The molecule has 0 bridgehead atoms. The zero-order valence-electron chi connectivity index (χ0n) is 14.3. The van der Waals surface area contributed by atoms with E-state index in [0.717, 1.165) is 26.1 Å². The molecule has 0 saturated carbocycles. The Balaban J connectivity index is 1.63. The number of hydrogen-bond acceptors (Lipinski definition) is 4. The summed E-state index contributed by atoms with van der Waals surface area (Å²) < 4.78 is 1.30. The van der Waals surface area contributed by atoms with Gasteiger partial charge in [-0.05, 0) is 44.5 Å². The summed E-state index contributed by atoms with van der Waals surface area (Å²) in [5.74, 6) is -0.0938. The van der Waals surface area contributed by atoms with E-state index in [4.69, 9.17) is 0 Å². The lowest BCUT2D eigenvalue weighted by Crippen LogP contribution is -2.57. The average molecular weight is 338 g/mol. The molecule has 3 heterocycles. The van der Waals surface area contributed by atoms with Crippen LogP contribution in [-0.2, 0) is 0 Å². The molecule has 1 aromatic carbocycles. The minimum Gasteiger partial charge on any atom is -0.332 e. The first-order valence-corrected chi connectivity index (χ1v) is 8.84. The standard InChI is InChI=1S/C19H22N4O2/c1-14-12-21-11-5-8-16(21)13-22(14)19(25)17-9-10-18(24)23(20-17)15-6-3-2-4-7-15/h2-4,6-7,9-10,14,16H,5,8,11-13H2,1H3/t14-,16+/m0/s1. The van der Waals surface area contributed by atoms with Crippen molar-refractivity contribution in [2.24, 2.45) is 0 Å². The third kappa shape index (κ3) is 2.98. The summed E-state index contributed by atoms with van der Waals surface area (Å²) in [6, 6.07) is 12.8. The molecule has 2 aliphatic rings. The second-order valence-electron chi connectivity index (χ2n) is 6.90. The van der Waals surface area contributed by atoms with Crippen molar-refractivity contribution < 1.29 is 4.79 Å². The molecule has 2 fully saturated rings. The Hall–Kier alpha value is -2.47. The molecule has 2 atom stereocenters. The van der Waals surface area contributed by atoms with Gasteiger partial charge in [0.1, 0.15) is 5.69 Å². The topological polar surface area (TPSA) is 58.4 Å². The summed E-state index contributed by atoms with van der Waals surface area (Å²) >= 11 is 0. The molecule has 1 amide bonds. The highest BCUT2D eigenvalue weighted by Crippen LogP contribution is 2.25. The van der Waals surface area contributed by atoms with E-state index in [1.807, 2.05) is 35.2 Å². The number of benzene rings is 1. The van der Waals surface area contributed by atoms with Gasteiger partial charge in [0.05, 0.1) is 5.69 Å². The highest BCUT2D eigenvalue weighted by atomic mass is 16.2. The number of hydrogen-bond donors (Lipinski definition) is 0. The van der Waals surface area contributed by atoms with E-state index in [2.05, 4.69) is 16.9 Å². The van der Waals surface area contributed by atoms with Gasteiger partial charge < -0.3 is 4.90 Å². The molecule has 25 heavy (non-hydrogen) atoms. The summed E-state index contributed by atoms with van der Waals surface area (Å²) in [6.45, 7) is 4.87. The van der Waals surface area contributed by atoms with Crippen LogP contribution in [0.1, 0.15) is 30.3 Å². The Bertz CT molecular complexity index is 833. The predicted molar refractivity (Wildman–Crippen MR) is 94.9 cm³/mol. The van der Waals surface area contributed by atoms with Crippen LogP contribution in [0, 0.1) is 0 Å².